The Morgan fingerprint density at radius 1 is 1.27 bits per heavy atom. The number of hydrogen-bond donors (Lipinski definition) is 0. The van der Waals surface area contributed by atoms with Crippen molar-refractivity contribution in [3.8, 4) is 0 Å². The van der Waals surface area contributed by atoms with Gasteiger partial charge in [-0.15, -0.1) is 0 Å². The fraction of sp³-hybridized carbons (Fsp3) is 0.286. The van der Waals surface area contributed by atoms with E-state index in [-0.39, 0.29) is 11.8 Å². The predicted octanol–water partition coefficient (Wildman–Crippen LogP) is -0.254. The average molecular weight is 155 g/mol. The first-order valence-corrected chi connectivity index (χ1v) is 3.03. The lowest BCUT2D eigenvalue weighted by Crippen LogP contribution is -2.24. The largest absolute Gasteiger partial charge is 0.304 e. The first kappa shape index (κ1) is 9.55. The molecule has 1 heterocycles. The number of rotatable bonds is 0. The van der Waals surface area contributed by atoms with Crippen molar-refractivity contribution in [3.05, 3.63) is 12.2 Å². The molecule has 0 saturated heterocycles. The van der Waals surface area contributed by atoms with Crippen molar-refractivity contribution >= 4 is 18.1 Å². The highest BCUT2D eigenvalue weighted by molar-refractivity contribution is 6.12. The first-order chi connectivity index (χ1) is 5.13. The van der Waals surface area contributed by atoms with Crippen LogP contribution in [-0.4, -0.2) is 30.0 Å². The third-order valence-electron chi connectivity index (χ3n) is 1.03. The number of nitrogens with zero attached hydrogens (tertiary/aromatic N) is 1. The smallest absolute Gasteiger partial charge is 0.253 e. The van der Waals surface area contributed by atoms with Crippen molar-refractivity contribution in [1.29, 1.82) is 0 Å². The second-order valence-corrected chi connectivity index (χ2v) is 1.80. The van der Waals surface area contributed by atoms with Gasteiger partial charge in [0.25, 0.3) is 11.8 Å². The lowest BCUT2D eigenvalue weighted by Gasteiger charge is -2.01. The minimum absolute atomic E-state index is 0.241. The second-order valence-electron chi connectivity index (χ2n) is 1.80. The fourth-order valence-electron chi connectivity index (χ4n) is 0.475. The lowest BCUT2D eigenvalue weighted by atomic mass is 10.6. The molecule has 0 aliphatic carbocycles. The maximum atomic E-state index is 10.4. The molecular formula is C7H9NO3. The van der Waals surface area contributed by atoms with E-state index < -0.39 is 0 Å². The summed E-state index contributed by atoms with van der Waals surface area (Å²) < 4.78 is 0. The summed E-state index contributed by atoms with van der Waals surface area (Å²) in [6, 6.07) is 0. The van der Waals surface area contributed by atoms with E-state index in [1.54, 1.807) is 0 Å². The zero-order chi connectivity index (χ0) is 8.85. The van der Waals surface area contributed by atoms with Gasteiger partial charge < -0.3 is 4.79 Å². The van der Waals surface area contributed by atoms with Gasteiger partial charge in [0.05, 0.1) is 0 Å². The number of likely N-dealkylation sites (N-methyl/N-ethyl adjacent to an activating group) is 1. The van der Waals surface area contributed by atoms with E-state index in [0.717, 1.165) is 11.2 Å². The molecule has 0 aromatic heterocycles. The van der Waals surface area contributed by atoms with Gasteiger partial charge in [-0.1, -0.05) is 0 Å². The van der Waals surface area contributed by atoms with Crippen molar-refractivity contribution in [2.45, 2.75) is 6.92 Å². The van der Waals surface area contributed by atoms with E-state index in [2.05, 4.69) is 0 Å². The number of aldehydes is 1. The minimum Gasteiger partial charge on any atom is -0.304 e. The summed E-state index contributed by atoms with van der Waals surface area (Å²) in [4.78, 5) is 30.7. The van der Waals surface area contributed by atoms with Gasteiger partial charge in [-0.05, 0) is 6.92 Å². The molecule has 11 heavy (non-hydrogen) atoms. The van der Waals surface area contributed by atoms with E-state index >= 15 is 0 Å². The van der Waals surface area contributed by atoms with Crippen molar-refractivity contribution < 1.29 is 14.4 Å². The topological polar surface area (TPSA) is 54.5 Å². The third-order valence-corrected chi connectivity index (χ3v) is 1.03. The Kier molecular flexibility index (Phi) is 3.80. The van der Waals surface area contributed by atoms with E-state index in [0.29, 0.717) is 0 Å². The summed E-state index contributed by atoms with van der Waals surface area (Å²) in [7, 11) is 1.45. The Hall–Kier alpha value is -1.45. The molecule has 0 spiro atoms. The van der Waals surface area contributed by atoms with Gasteiger partial charge in [-0.2, -0.15) is 0 Å². The zero-order valence-electron chi connectivity index (χ0n) is 6.40. The van der Waals surface area contributed by atoms with Crippen LogP contribution < -0.4 is 0 Å². The van der Waals surface area contributed by atoms with Crippen LogP contribution in [0, 0.1) is 0 Å². The van der Waals surface area contributed by atoms with Crippen LogP contribution in [-0.2, 0) is 14.4 Å². The van der Waals surface area contributed by atoms with Gasteiger partial charge in [0.2, 0.25) is 0 Å². The maximum Gasteiger partial charge on any atom is 0.253 e. The highest BCUT2D eigenvalue weighted by Gasteiger charge is 2.17. The number of carbonyl (C=O) groups is 3. The van der Waals surface area contributed by atoms with Crippen molar-refractivity contribution in [3.63, 3.8) is 0 Å². The Morgan fingerprint density at radius 3 is 1.64 bits per heavy atom. The lowest BCUT2D eigenvalue weighted by molar-refractivity contribution is -0.135. The number of amides is 2. The van der Waals surface area contributed by atoms with E-state index in [1.165, 1.54) is 26.1 Å². The van der Waals surface area contributed by atoms with Crippen molar-refractivity contribution in [1.82, 2.24) is 4.90 Å². The molecule has 1 aliphatic rings. The summed E-state index contributed by atoms with van der Waals surface area (Å²) in [6.45, 7) is 1.44. The summed E-state index contributed by atoms with van der Waals surface area (Å²) in [5.41, 5.74) is 0. The Morgan fingerprint density at radius 2 is 1.55 bits per heavy atom. The molecule has 0 aromatic carbocycles. The van der Waals surface area contributed by atoms with Crippen LogP contribution in [0.15, 0.2) is 12.2 Å². The summed E-state index contributed by atoms with van der Waals surface area (Å²) in [6.07, 6.45) is 3.25. The zero-order valence-corrected chi connectivity index (χ0v) is 6.40. The van der Waals surface area contributed by atoms with E-state index in [4.69, 9.17) is 4.79 Å². The molecule has 1 aliphatic heterocycles. The molecule has 0 radical (unpaired) electrons. The van der Waals surface area contributed by atoms with Crippen LogP contribution in [0.25, 0.3) is 0 Å². The molecule has 0 aromatic rings. The third kappa shape index (κ3) is 2.75. The monoisotopic (exact) mass is 155 g/mol. The molecule has 60 valence electrons. The highest BCUT2D eigenvalue weighted by atomic mass is 16.2. The second kappa shape index (κ2) is 4.38. The highest BCUT2D eigenvalue weighted by Crippen LogP contribution is 1.97. The Balaban J connectivity index is 0.000000292. The van der Waals surface area contributed by atoms with Crippen molar-refractivity contribution in [2.75, 3.05) is 7.05 Å². The minimum atomic E-state index is -0.241. The number of imide groups is 1. The maximum absolute atomic E-state index is 10.4. The van der Waals surface area contributed by atoms with Gasteiger partial charge in [0, 0.05) is 19.2 Å². The van der Waals surface area contributed by atoms with Gasteiger partial charge in [-0.25, -0.2) is 0 Å². The van der Waals surface area contributed by atoms with Gasteiger partial charge in [0.15, 0.2) is 0 Å². The molecule has 0 fully saturated rings. The van der Waals surface area contributed by atoms with Gasteiger partial charge in [0.1, 0.15) is 6.29 Å². The molecule has 0 bridgehead atoms. The van der Waals surface area contributed by atoms with Crippen molar-refractivity contribution in [2.24, 2.45) is 0 Å². The average Bonchev–Trinajstić information content (AvgIpc) is 2.22. The molecule has 0 atom stereocenters. The Labute approximate surface area is 64.5 Å². The number of carbonyl (C=O) groups excluding carboxylic acids is 3. The molecule has 4 nitrogen and oxygen atoms in total. The molecule has 2 amide bonds. The summed E-state index contributed by atoms with van der Waals surface area (Å²) in [5.74, 6) is -0.481. The normalized spacial score (nSPS) is 14.5. The van der Waals surface area contributed by atoms with Crippen LogP contribution >= 0.6 is 0 Å². The Bertz CT molecular complexity index is 190. The molecule has 0 unspecified atom stereocenters. The predicted molar refractivity (Wildman–Crippen MR) is 38.7 cm³/mol. The standard InChI is InChI=1S/C5H5NO2.C2H4O/c1-6-4(7)2-3-5(6)8;1-2-3/h2-3H,1H3;2H,1H3. The molecular weight excluding hydrogens is 146 g/mol. The number of hydrogen-bond acceptors (Lipinski definition) is 3. The van der Waals surface area contributed by atoms with E-state index in [1.807, 2.05) is 0 Å². The molecule has 1 rings (SSSR count). The molecule has 0 N–H and O–H groups in total. The molecule has 0 saturated carbocycles. The van der Waals surface area contributed by atoms with Crippen LogP contribution in [0.5, 0.6) is 0 Å². The van der Waals surface area contributed by atoms with Crippen LogP contribution in [0.1, 0.15) is 6.92 Å². The van der Waals surface area contributed by atoms with Crippen LogP contribution in [0.3, 0.4) is 0 Å². The fourth-order valence-corrected chi connectivity index (χ4v) is 0.475. The first-order valence-electron chi connectivity index (χ1n) is 3.03. The summed E-state index contributed by atoms with van der Waals surface area (Å²) >= 11 is 0. The van der Waals surface area contributed by atoms with Crippen LogP contribution in [0.2, 0.25) is 0 Å². The SMILES string of the molecule is CC=O.CN1C(=O)C=CC1=O. The van der Waals surface area contributed by atoms with E-state index in [9.17, 15) is 9.59 Å². The van der Waals surface area contributed by atoms with Gasteiger partial charge >= 0.3 is 0 Å². The molecule has 4 heteroatoms. The van der Waals surface area contributed by atoms with Crippen LogP contribution in [0.4, 0.5) is 0 Å². The van der Waals surface area contributed by atoms with Gasteiger partial charge in [-0.3, -0.25) is 14.5 Å². The summed E-state index contributed by atoms with van der Waals surface area (Å²) in [5, 5.41) is 0. The quantitative estimate of drug-likeness (QED) is 0.358.